The van der Waals surface area contributed by atoms with Crippen LogP contribution in [0.4, 0.5) is 0 Å². The molecule has 0 amide bonds. The van der Waals surface area contributed by atoms with Crippen LogP contribution in [0.3, 0.4) is 0 Å². The number of rotatable bonds is 3. The van der Waals surface area contributed by atoms with Gasteiger partial charge in [0.25, 0.3) is 0 Å². The Bertz CT molecular complexity index is 506. The average molecular weight is 244 g/mol. The summed E-state index contributed by atoms with van der Waals surface area (Å²) in [5.41, 5.74) is 2.37. The predicted octanol–water partition coefficient (Wildman–Crippen LogP) is 2.41. The first-order chi connectivity index (χ1) is 8.49. The van der Waals surface area contributed by atoms with Crippen molar-refractivity contribution < 1.29 is 0 Å². The standard InChI is InChI=1S/C14H20N4/c1-10(17(3)4)12-6-8-13(9-7-12)14-15-11(2)18(5)16-14/h6-10H,1-5H3. The van der Waals surface area contributed by atoms with Crippen LogP contribution >= 0.6 is 0 Å². The van der Waals surface area contributed by atoms with Gasteiger partial charge in [0.05, 0.1) is 0 Å². The number of benzene rings is 1. The molecule has 0 bridgehead atoms. The van der Waals surface area contributed by atoms with Crippen LogP contribution < -0.4 is 0 Å². The molecule has 0 saturated heterocycles. The number of hydrogen-bond acceptors (Lipinski definition) is 3. The Morgan fingerprint density at radius 1 is 1.17 bits per heavy atom. The quantitative estimate of drug-likeness (QED) is 0.831. The number of nitrogens with zero attached hydrogens (tertiary/aromatic N) is 4. The third-order valence-corrected chi connectivity index (χ3v) is 3.41. The second kappa shape index (κ2) is 4.90. The van der Waals surface area contributed by atoms with Crippen molar-refractivity contribution in [3.05, 3.63) is 35.7 Å². The Labute approximate surface area is 108 Å². The molecule has 4 heteroatoms. The van der Waals surface area contributed by atoms with Gasteiger partial charge in [0.1, 0.15) is 5.82 Å². The maximum Gasteiger partial charge on any atom is 0.181 e. The summed E-state index contributed by atoms with van der Waals surface area (Å²) in [5, 5.41) is 4.39. The SMILES string of the molecule is Cc1nc(-c2ccc(C(C)N(C)C)cc2)nn1C. The van der Waals surface area contributed by atoms with Crippen molar-refractivity contribution in [1.82, 2.24) is 19.7 Å². The molecule has 0 radical (unpaired) electrons. The van der Waals surface area contributed by atoms with Gasteiger partial charge in [-0.15, -0.1) is 0 Å². The van der Waals surface area contributed by atoms with Crippen molar-refractivity contribution in [2.24, 2.45) is 7.05 Å². The van der Waals surface area contributed by atoms with Gasteiger partial charge in [-0.1, -0.05) is 24.3 Å². The lowest BCUT2D eigenvalue weighted by molar-refractivity contribution is 0.321. The Kier molecular flexibility index (Phi) is 3.48. The van der Waals surface area contributed by atoms with Gasteiger partial charge in [0.2, 0.25) is 0 Å². The summed E-state index contributed by atoms with van der Waals surface area (Å²) in [4.78, 5) is 6.62. The van der Waals surface area contributed by atoms with Crippen molar-refractivity contribution >= 4 is 0 Å². The summed E-state index contributed by atoms with van der Waals surface area (Å²) < 4.78 is 1.80. The Morgan fingerprint density at radius 2 is 1.78 bits per heavy atom. The smallest absolute Gasteiger partial charge is 0.181 e. The lowest BCUT2D eigenvalue weighted by Crippen LogP contribution is -2.16. The third-order valence-electron chi connectivity index (χ3n) is 3.41. The fraction of sp³-hybridized carbons (Fsp3) is 0.429. The van der Waals surface area contributed by atoms with Crippen molar-refractivity contribution in [2.75, 3.05) is 14.1 Å². The van der Waals surface area contributed by atoms with Crippen LogP contribution in [0.2, 0.25) is 0 Å². The van der Waals surface area contributed by atoms with Crippen molar-refractivity contribution in [1.29, 1.82) is 0 Å². The molecule has 96 valence electrons. The van der Waals surface area contributed by atoms with Crippen LogP contribution in [-0.4, -0.2) is 33.8 Å². The maximum absolute atomic E-state index is 4.43. The van der Waals surface area contributed by atoms with Gasteiger partial charge in [0, 0.05) is 18.7 Å². The van der Waals surface area contributed by atoms with Gasteiger partial charge >= 0.3 is 0 Å². The molecular weight excluding hydrogens is 224 g/mol. The third kappa shape index (κ3) is 2.43. The molecule has 0 fully saturated rings. The molecule has 2 rings (SSSR count). The zero-order chi connectivity index (χ0) is 13.3. The number of aryl methyl sites for hydroxylation is 2. The molecule has 1 atom stereocenters. The van der Waals surface area contributed by atoms with E-state index in [4.69, 9.17) is 0 Å². The first-order valence-electron chi connectivity index (χ1n) is 6.13. The first kappa shape index (κ1) is 12.8. The fourth-order valence-electron chi connectivity index (χ4n) is 1.79. The first-order valence-corrected chi connectivity index (χ1v) is 6.13. The van der Waals surface area contributed by atoms with Crippen LogP contribution in [-0.2, 0) is 7.05 Å². The van der Waals surface area contributed by atoms with E-state index in [1.54, 1.807) is 4.68 Å². The van der Waals surface area contributed by atoms with E-state index in [1.165, 1.54) is 5.56 Å². The lowest BCUT2D eigenvalue weighted by Gasteiger charge is -2.20. The molecule has 0 aliphatic rings. The van der Waals surface area contributed by atoms with Gasteiger partial charge < -0.3 is 4.90 Å². The lowest BCUT2D eigenvalue weighted by atomic mass is 10.1. The van der Waals surface area contributed by atoms with E-state index in [-0.39, 0.29) is 0 Å². The van der Waals surface area contributed by atoms with Gasteiger partial charge in [-0.3, -0.25) is 4.68 Å². The molecule has 4 nitrogen and oxygen atoms in total. The highest BCUT2D eigenvalue weighted by Crippen LogP contribution is 2.21. The van der Waals surface area contributed by atoms with E-state index >= 15 is 0 Å². The van der Waals surface area contributed by atoms with Crippen LogP contribution in [0.25, 0.3) is 11.4 Å². The molecule has 1 unspecified atom stereocenters. The molecule has 0 N–H and O–H groups in total. The van der Waals surface area contributed by atoms with Crippen molar-refractivity contribution in [3.63, 3.8) is 0 Å². The molecule has 18 heavy (non-hydrogen) atoms. The summed E-state index contributed by atoms with van der Waals surface area (Å²) in [6, 6.07) is 8.88. The average Bonchev–Trinajstić information content (AvgIpc) is 2.69. The van der Waals surface area contributed by atoms with Crippen molar-refractivity contribution in [3.8, 4) is 11.4 Å². The van der Waals surface area contributed by atoms with Gasteiger partial charge in [-0.2, -0.15) is 5.10 Å². The molecule has 1 aromatic heterocycles. The second-order valence-electron chi connectivity index (χ2n) is 4.87. The normalized spacial score (nSPS) is 13.0. The Hall–Kier alpha value is -1.68. The van der Waals surface area contributed by atoms with Crippen molar-refractivity contribution in [2.45, 2.75) is 19.9 Å². The molecule has 0 spiro atoms. The fourth-order valence-corrected chi connectivity index (χ4v) is 1.79. The Morgan fingerprint density at radius 3 is 2.22 bits per heavy atom. The van der Waals surface area contributed by atoms with Crippen LogP contribution in [0.15, 0.2) is 24.3 Å². The zero-order valence-corrected chi connectivity index (χ0v) is 11.7. The van der Waals surface area contributed by atoms with E-state index in [0.29, 0.717) is 6.04 Å². The minimum absolute atomic E-state index is 0.414. The number of aromatic nitrogens is 3. The van der Waals surface area contributed by atoms with Gasteiger partial charge in [-0.05, 0) is 33.5 Å². The highest BCUT2D eigenvalue weighted by atomic mass is 15.3. The number of hydrogen-bond donors (Lipinski definition) is 0. The zero-order valence-electron chi connectivity index (χ0n) is 11.7. The van der Waals surface area contributed by atoms with E-state index in [2.05, 4.69) is 60.3 Å². The minimum Gasteiger partial charge on any atom is -0.303 e. The summed E-state index contributed by atoms with van der Waals surface area (Å²) in [6.07, 6.45) is 0. The highest BCUT2D eigenvalue weighted by molar-refractivity contribution is 5.55. The molecule has 2 aromatic rings. The van der Waals surface area contributed by atoms with Crippen LogP contribution in [0, 0.1) is 6.92 Å². The predicted molar refractivity (Wildman–Crippen MR) is 73.3 cm³/mol. The molecule has 1 aromatic carbocycles. The Balaban J connectivity index is 2.27. The van der Waals surface area contributed by atoms with Crippen LogP contribution in [0.5, 0.6) is 0 Å². The maximum atomic E-state index is 4.43. The minimum atomic E-state index is 0.414. The molecule has 0 saturated carbocycles. The van der Waals surface area contributed by atoms with Gasteiger partial charge in [-0.25, -0.2) is 4.98 Å². The largest absolute Gasteiger partial charge is 0.303 e. The van der Waals surface area contributed by atoms with Crippen LogP contribution in [0.1, 0.15) is 24.4 Å². The summed E-state index contributed by atoms with van der Waals surface area (Å²) in [6.45, 7) is 4.15. The van der Waals surface area contributed by atoms with E-state index < -0.39 is 0 Å². The topological polar surface area (TPSA) is 34.0 Å². The van der Waals surface area contributed by atoms with E-state index in [9.17, 15) is 0 Å². The second-order valence-corrected chi connectivity index (χ2v) is 4.87. The van der Waals surface area contributed by atoms with Gasteiger partial charge in [0.15, 0.2) is 5.82 Å². The van der Waals surface area contributed by atoms with E-state index in [0.717, 1.165) is 17.2 Å². The van der Waals surface area contributed by atoms with E-state index in [1.807, 2.05) is 14.0 Å². The molecular formula is C14H20N4. The monoisotopic (exact) mass is 244 g/mol. The summed E-state index contributed by atoms with van der Waals surface area (Å²) in [5.74, 6) is 1.72. The molecule has 0 aliphatic carbocycles. The summed E-state index contributed by atoms with van der Waals surface area (Å²) >= 11 is 0. The molecule has 1 heterocycles. The molecule has 0 aliphatic heterocycles. The summed E-state index contributed by atoms with van der Waals surface area (Å²) in [7, 11) is 6.08. The highest BCUT2D eigenvalue weighted by Gasteiger charge is 2.09.